The highest BCUT2D eigenvalue weighted by Gasteiger charge is 2.38. The molecule has 0 fully saturated rings. The highest BCUT2D eigenvalue weighted by Crippen LogP contribution is 2.34. The minimum atomic E-state index is -0.143. The Hall–Kier alpha value is -1.32. The molecule has 2 aliphatic rings. The van der Waals surface area contributed by atoms with Crippen LogP contribution < -0.4 is 0 Å². The van der Waals surface area contributed by atoms with Crippen LogP contribution in [0, 0.1) is 0 Å². The zero-order chi connectivity index (χ0) is 14.3. The van der Waals surface area contributed by atoms with Gasteiger partial charge in [-0.15, -0.1) is 0 Å². The molecule has 1 aromatic rings. The summed E-state index contributed by atoms with van der Waals surface area (Å²) in [7, 11) is 0. The fourth-order valence-electron chi connectivity index (χ4n) is 2.76. The monoisotopic (exact) mass is 309 g/mol. The number of rotatable bonds is 2. The molecule has 0 bridgehead atoms. The van der Waals surface area contributed by atoms with Crippen LogP contribution in [0.15, 0.2) is 29.3 Å². The molecule has 3 nitrogen and oxygen atoms in total. The summed E-state index contributed by atoms with van der Waals surface area (Å²) in [5.41, 5.74) is 2.23. The third-order valence-electron chi connectivity index (χ3n) is 3.80. The normalized spacial score (nSPS) is 18.8. The Morgan fingerprint density at radius 1 is 0.950 bits per heavy atom. The molecule has 0 atom stereocenters. The first-order valence-electron chi connectivity index (χ1n) is 6.60. The summed E-state index contributed by atoms with van der Waals surface area (Å²) in [6.07, 6.45) is 3.41. The van der Waals surface area contributed by atoms with E-state index in [1.165, 1.54) is 4.90 Å². The summed E-state index contributed by atoms with van der Waals surface area (Å²) in [5.74, 6) is -0.286. The van der Waals surface area contributed by atoms with Crippen molar-refractivity contribution < 1.29 is 9.59 Å². The molecule has 0 unspecified atom stereocenters. The molecule has 0 spiro atoms. The van der Waals surface area contributed by atoms with Gasteiger partial charge in [0.2, 0.25) is 0 Å². The van der Waals surface area contributed by atoms with Crippen molar-refractivity contribution in [2.24, 2.45) is 0 Å². The van der Waals surface area contributed by atoms with Crippen molar-refractivity contribution >= 4 is 35.0 Å². The van der Waals surface area contributed by atoms with Gasteiger partial charge in [-0.25, -0.2) is 0 Å². The Kier molecular flexibility index (Phi) is 3.57. The Bertz CT molecular complexity index is 609. The van der Waals surface area contributed by atoms with Crippen LogP contribution in [0.25, 0.3) is 0 Å². The van der Waals surface area contributed by atoms with E-state index in [0.29, 0.717) is 21.2 Å². The summed E-state index contributed by atoms with van der Waals surface area (Å²) in [6.45, 7) is 0.252. The van der Waals surface area contributed by atoms with E-state index in [2.05, 4.69) is 0 Å². The Labute approximate surface area is 127 Å². The number of nitrogens with zero attached hydrogens (tertiary/aromatic N) is 1. The van der Waals surface area contributed by atoms with E-state index >= 15 is 0 Å². The molecule has 0 saturated carbocycles. The topological polar surface area (TPSA) is 37.4 Å². The van der Waals surface area contributed by atoms with Gasteiger partial charge >= 0.3 is 0 Å². The lowest BCUT2D eigenvalue weighted by Gasteiger charge is -2.15. The summed E-state index contributed by atoms with van der Waals surface area (Å²) < 4.78 is 0. The number of halogens is 2. The molecule has 2 amide bonds. The molecule has 1 heterocycles. The summed E-state index contributed by atoms with van der Waals surface area (Å²) in [6, 6.07) is 5.16. The first-order chi connectivity index (χ1) is 9.58. The van der Waals surface area contributed by atoms with Crippen molar-refractivity contribution in [3.8, 4) is 0 Å². The lowest BCUT2D eigenvalue weighted by Crippen LogP contribution is -2.31. The van der Waals surface area contributed by atoms with Gasteiger partial charge in [-0.3, -0.25) is 14.5 Å². The van der Waals surface area contributed by atoms with Gasteiger partial charge in [0.15, 0.2) is 0 Å². The van der Waals surface area contributed by atoms with E-state index in [9.17, 15) is 9.59 Å². The van der Waals surface area contributed by atoms with E-state index in [4.69, 9.17) is 23.2 Å². The average Bonchev–Trinajstić information content (AvgIpc) is 2.69. The van der Waals surface area contributed by atoms with Crippen LogP contribution in [-0.2, 0) is 16.1 Å². The average molecular weight is 310 g/mol. The molecular weight excluding hydrogens is 297 g/mol. The van der Waals surface area contributed by atoms with Crippen molar-refractivity contribution in [1.82, 2.24) is 4.90 Å². The SMILES string of the molecule is O=C1C2=C(CCCC2)C(=O)N1Cc1ccc(Cl)c(Cl)c1. The van der Waals surface area contributed by atoms with Crippen LogP contribution in [0.1, 0.15) is 31.2 Å². The van der Waals surface area contributed by atoms with Gasteiger partial charge in [0.1, 0.15) is 0 Å². The fourth-order valence-corrected chi connectivity index (χ4v) is 3.08. The molecule has 1 aliphatic heterocycles. The van der Waals surface area contributed by atoms with Crippen LogP contribution in [0.5, 0.6) is 0 Å². The minimum absolute atomic E-state index is 0.143. The Balaban J connectivity index is 1.84. The fraction of sp³-hybridized carbons (Fsp3) is 0.333. The molecule has 0 saturated heterocycles. The second-order valence-corrected chi connectivity index (χ2v) is 5.92. The summed E-state index contributed by atoms with van der Waals surface area (Å²) >= 11 is 11.8. The Morgan fingerprint density at radius 2 is 1.55 bits per heavy atom. The third kappa shape index (κ3) is 2.25. The van der Waals surface area contributed by atoms with E-state index in [0.717, 1.165) is 31.2 Å². The zero-order valence-electron chi connectivity index (χ0n) is 10.8. The van der Waals surface area contributed by atoms with Crippen LogP contribution in [0.2, 0.25) is 10.0 Å². The second-order valence-electron chi connectivity index (χ2n) is 5.11. The standard InChI is InChI=1S/C15H13Cl2NO2/c16-12-6-5-9(7-13(12)17)8-18-14(19)10-3-1-2-4-11(10)15(18)20/h5-7H,1-4,8H2. The van der Waals surface area contributed by atoms with E-state index in [1.807, 2.05) is 0 Å². The van der Waals surface area contributed by atoms with Gasteiger partial charge in [0, 0.05) is 11.1 Å². The van der Waals surface area contributed by atoms with Gasteiger partial charge in [0.05, 0.1) is 16.6 Å². The van der Waals surface area contributed by atoms with Crippen molar-refractivity contribution in [2.45, 2.75) is 32.2 Å². The number of carbonyl (C=O) groups is 2. The van der Waals surface area contributed by atoms with E-state index in [1.54, 1.807) is 18.2 Å². The third-order valence-corrected chi connectivity index (χ3v) is 4.54. The first-order valence-corrected chi connectivity index (χ1v) is 7.35. The predicted octanol–water partition coefficient (Wildman–Crippen LogP) is 3.73. The van der Waals surface area contributed by atoms with Crippen molar-refractivity contribution in [1.29, 1.82) is 0 Å². The molecule has 104 valence electrons. The number of benzene rings is 1. The quantitative estimate of drug-likeness (QED) is 0.781. The zero-order valence-corrected chi connectivity index (χ0v) is 12.3. The van der Waals surface area contributed by atoms with Gasteiger partial charge in [-0.1, -0.05) is 29.3 Å². The van der Waals surface area contributed by atoms with Gasteiger partial charge in [0.25, 0.3) is 11.8 Å². The number of amides is 2. The maximum absolute atomic E-state index is 12.3. The smallest absolute Gasteiger partial charge is 0.257 e. The van der Waals surface area contributed by atoms with Crippen molar-refractivity contribution in [2.75, 3.05) is 0 Å². The van der Waals surface area contributed by atoms with Crippen LogP contribution in [0.4, 0.5) is 0 Å². The minimum Gasteiger partial charge on any atom is -0.270 e. The van der Waals surface area contributed by atoms with Crippen LogP contribution in [-0.4, -0.2) is 16.7 Å². The second kappa shape index (κ2) is 5.23. The maximum Gasteiger partial charge on any atom is 0.257 e. The Morgan fingerprint density at radius 3 is 2.10 bits per heavy atom. The first kappa shape index (κ1) is 13.7. The number of hydrogen-bond donors (Lipinski definition) is 0. The molecule has 0 N–H and O–H groups in total. The largest absolute Gasteiger partial charge is 0.270 e. The van der Waals surface area contributed by atoms with E-state index < -0.39 is 0 Å². The molecule has 5 heteroatoms. The van der Waals surface area contributed by atoms with Crippen LogP contribution in [0.3, 0.4) is 0 Å². The number of imide groups is 1. The maximum atomic E-state index is 12.3. The van der Waals surface area contributed by atoms with Gasteiger partial charge < -0.3 is 0 Å². The summed E-state index contributed by atoms with van der Waals surface area (Å²) in [4.78, 5) is 25.9. The molecule has 1 aliphatic carbocycles. The van der Waals surface area contributed by atoms with Gasteiger partial charge in [-0.2, -0.15) is 0 Å². The van der Waals surface area contributed by atoms with Gasteiger partial charge in [-0.05, 0) is 43.4 Å². The molecular formula is C15H13Cl2NO2. The molecule has 1 aromatic carbocycles. The van der Waals surface area contributed by atoms with Crippen molar-refractivity contribution in [3.05, 3.63) is 45.0 Å². The molecule has 0 radical (unpaired) electrons. The predicted molar refractivity (Wildman–Crippen MR) is 77.5 cm³/mol. The highest BCUT2D eigenvalue weighted by molar-refractivity contribution is 6.42. The number of hydrogen-bond acceptors (Lipinski definition) is 2. The molecule has 0 aromatic heterocycles. The molecule has 3 rings (SSSR count). The van der Waals surface area contributed by atoms with Crippen molar-refractivity contribution in [3.63, 3.8) is 0 Å². The lowest BCUT2D eigenvalue weighted by molar-refractivity contribution is -0.138. The highest BCUT2D eigenvalue weighted by atomic mass is 35.5. The number of carbonyl (C=O) groups excluding carboxylic acids is 2. The molecule has 20 heavy (non-hydrogen) atoms. The lowest BCUT2D eigenvalue weighted by atomic mass is 9.93. The van der Waals surface area contributed by atoms with Crippen LogP contribution >= 0.6 is 23.2 Å². The van der Waals surface area contributed by atoms with E-state index in [-0.39, 0.29) is 18.4 Å². The summed E-state index contributed by atoms with van der Waals surface area (Å²) in [5, 5.41) is 0.896.